The number of halogens is 1. The first kappa shape index (κ1) is 21.1. The van der Waals surface area contributed by atoms with E-state index in [0.717, 1.165) is 46.9 Å². The van der Waals surface area contributed by atoms with Gasteiger partial charge >= 0.3 is 5.97 Å². The van der Waals surface area contributed by atoms with Crippen LogP contribution in [0.15, 0.2) is 29.6 Å². The third-order valence-electron chi connectivity index (χ3n) is 5.95. The van der Waals surface area contributed by atoms with Gasteiger partial charge in [-0.1, -0.05) is 24.3 Å². The number of nitrogens with one attached hydrogen (secondary N) is 1. The van der Waals surface area contributed by atoms with Crippen LogP contribution in [0.2, 0.25) is 0 Å². The smallest absolute Gasteiger partial charge is 0.357 e. The molecule has 2 aliphatic rings. The lowest BCUT2D eigenvalue weighted by atomic mass is 9.93. The molecule has 3 aromatic rings. The summed E-state index contributed by atoms with van der Waals surface area (Å²) in [6.45, 7) is 2.91. The normalized spacial score (nSPS) is 19.4. The molecule has 2 atom stereocenters. The highest BCUT2D eigenvalue weighted by Crippen LogP contribution is 2.38. The van der Waals surface area contributed by atoms with E-state index in [1.54, 1.807) is 19.4 Å². The number of aromatic amines is 1. The van der Waals surface area contributed by atoms with Crippen molar-refractivity contribution in [3.8, 4) is 5.75 Å². The largest absolute Gasteiger partial charge is 0.497 e. The van der Waals surface area contributed by atoms with Gasteiger partial charge in [-0.3, -0.25) is 0 Å². The summed E-state index contributed by atoms with van der Waals surface area (Å²) in [5.41, 5.74) is 3.93. The van der Waals surface area contributed by atoms with Gasteiger partial charge in [-0.25, -0.2) is 9.78 Å². The number of fused-ring (bicyclic) bond motifs is 3. The van der Waals surface area contributed by atoms with Crippen molar-refractivity contribution in [2.75, 3.05) is 25.2 Å². The second-order valence-corrected chi connectivity index (χ2v) is 9.22. The number of esters is 1. The number of benzene rings is 1. The lowest BCUT2D eigenvalue weighted by Gasteiger charge is -2.36. The number of hydrogen-bond acceptors (Lipinski definition) is 6. The fraction of sp³-hybridized carbons (Fsp3) is 0.333. The van der Waals surface area contributed by atoms with Crippen LogP contribution in [-0.2, 0) is 11.2 Å². The Morgan fingerprint density at radius 2 is 2.16 bits per heavy atom. The Bertz CT molecular complexity index is 1260. The highest BCUT2D eigenvalue weighted by atomic mass is 35.5. The molecule has 1 N–H and O–H groups in total. The zero-order chi connectivity index (χ0) is 22.2. The van der Waals surface area contributed by atoms with E-state index in [4.69, 9.17) is 21.1 Å². The van der Waals surface area contributed by atoms with Crippen molar-refractivity contribution >= 4 is 46.2 Å². The van der Waals surface area contributed by atoms with Gasteiger partial charge in [0.25, 0.3) is 0 Å². The maximum Gasteiger partial charge on any atom is 0.357 e. The van der Waals surface area contributed by atoms with E-state index in [1.165, 1.54) is 22.1 Å². The number of H-pyrrole nitrogens is 1. The minimum atomic E-state index is -0.388. The Balaban J connectivity index is 1.62. The second-order valence-electron chi connectivity index (χ2n) is 7.82. The molecular weight excluding hydrogens is 446 g/mol. The molecule has 32 heavy (non-hydrogen) atoms. The Labute approximate surface area is 195 Å². The van der Waals surface area contributed by atoms with Crippen molar-refractivity contribution in [3.05, 3.63) is 62.7 Å². The highest BCUT2D eigenvalue weighted by molar-refractivity contribution is 7.13. The van der Waals surface area contributed by atoms with Crippen molar-refractivity contribution in [2.45, 2.75) is 31.2 Å². The lowest BCUT2D eigenvalue weighted by molar-refractivity contribution is 0.0520. The molecule has 0 saturated heterocycles. The molecule has 2 aromatic heterocycles. The van der Waals surface area contributed by atoms with Gasteiger partial charge in [0.05, 0.1) is 25.1 Å². The number of methoxy groups -OCH3 is 1. The van der Waals surface area contributed by atoms with Crippen molar-refractivity contribution in [1.82, 2.24) is 9.97 Å². The van der Waals surface area contributed by atoms with Crippen LogP contribution < -0.4 is 20.2 Å². The van der Waals surface area contributed by atoms with Gasteiger partial charge in [-0.2, -0.15) is 0 Å². The van der Waals surface area contributed by atoms with E-state index in [9.17, 15) is 4.79 Å². The Morgan fingerprint density at radius 1 is 1.34 bits per heavy atom. The average Bonchev–Trinajstić information content (AvgIpc) is 3.44. The topological polar surface area (TPSA) is 67.5 Å². The van der Waals surface area contributed by atoms with Crippen LogP contribution >= 0.6 is 22.9 Å². The molecule has 2 unspecified atom stereocenters. The standard InChI is InChI=1S/C24H24ClN3O3S/c1-3-31-23(29)20-13-32-24(27-20)28-11-10-17-18-12-15(25)6-9-19(18)26-21(17)22(28)14-4-7-16(30-2)8-5-14/h4-5,7-9,12-13,15,22,26H,3,6,10-11H2,1-2H3. The van der Waals surface area contributed by atoms with Crippen molar-refractivity contribution in [2.24, 2.45) is 0 Å². The number of ether oxygens (including phenoxy) is 2. The molecule has 0 fully saturated rings. The van der Waals surface area contributed by atoms with E-state index >= 15 is 0 Å². The van der Waals surface area contributed by atoms with E-state index in [1.807, 2.05) is 12.1 Å². The minimum Gasteiger partial charge on any atom is -0.497 e. The maximum atomic E-state index is 12.2. The molecular formula is C24H24ClN3O3S. The summed E-state index contributed by atoms with van der Waals surface area (Å²) in [7, 11) is 1.67. The summed E-state index contributed by atoms with van der Waals surface area (Å²) in [4.78, 5) is 22.7. The number of carbonyl (C=O) groups excluding carboxylic acids is 1. The van der Waals surface area contributed by atoms with Crippen LogP contribution in [-0.4, -0.2) is 41.6 Å². The fourth-order valence-corrected chi connectivity index (χ4v) is 5.54. The summed E-state index contributed by atoms with van der Waals surface area (Å²) in [5.74, 6) is 0.425. The zero-order valence-corrected chi connectivity index (χ0v) is 19.5. The van der Waals surface area contributed by atoms with Crippen molar-refractivity contribution in [1.29, 1.82) is 0 Å². The molecule has 3 heterocycles. The average molecular weight is 470 g/mol. The summed E-state index contributed by atoms with van der Waals surface area (Å²) in [6, 6.07) is 8.06. The first-order chi connectivity index (χ1) is 15.6. The third kappa shape index (κ3) is 3.69. The number of nitrogens with zero attached hydrogens (tertiary/aromatic N) is 2. The van der Waals surface area contributed by atoms with Crippen molar-refractivity contribution < 1.29 is 14.3 Å². The minimum absolute atomic E-state index is 0.0194. The maximum absolute atomic E-state index is 12.2. The second kappa shape index (κ2) is 8.64. The SMILES string of the molecule is CCOC(=O)c1csc(N2CCc3c([nH]c4c3=CC(Cl)CC=4)C2c2ccc(OC)cc2)n1. The number of rotatable bonds is 5. The number of alkyl halides is 1. The first-order valence-electron chi connectivity index (χ1n) is 10.7. The molecule has 1 aliphatic heterocycles. The van der Waals surface area contributed by atoms with Crippen molar-refractivity contribution in [3.63, 3.8) is 0 Å². The quantitative estimate of drug-likeness (QED) is 0.458. The lowest BCUT2D eigenvalue weighted by Crippen LogP contribution is -2.38. The summed E-state index contributed by atoms with van der Waals surface area (Å²) in [5, 5.41) is 4.95. The molecule has 0 radical (unpaired) electrons. The number of anilines is 1. The van der Waals surface area contributed by atoms with Crippen LogP contribution in [0.3, 0.4) is 0 Å². The zero-order valence-electron chi connectivity index (χ0n) is 17.9. The van der Waals surface area contributed by atoms with Crippen LogP contribution in [0, 0.1) is 0 Å². The number of thiazole rings is 1. The number of hydrogen-bond donors (Lipinski definition) is 1. The molecule has 0 saturated carbocycles. The molecule has 0 amide bonds. The number of aromatic nitrogens is 2. The van der Waals surface area contributed by atoms with Crippen LogP contribution in [0.1, 0.15) is 46.7 Å². The predicted octanol–water partition coefficient (Wildman–Crippen LogP) is 3.38. The van der Waals surface area contributed by atoms with Gasteiger partial charge in [-0.05, 0) is 43.0 Å². The number of carbonyl (C=O) groups is 1. The molecule has 1 aliphatic carbocycles. The van der Waals surface area contributed by atoms with Gasteiger partial charge in [0.15, 0.2) is 10.8 Å². The van der Waals surface area contributed by atoms with E-state index < -0.39 is 0 Å². The first-order valence-corrected chi connectivity index (χ1v) is 12.0. The Morgan fingerprint density at radius 3 is 2.91 bits per heavy atom. The van der Waals surface area contributed by atoms with Gasteiger partial charge in [0.1, 0.15) is 5.75 Å². The summed E-state index contributed by atoms with van der Waals surface area (Å²) >= 11 is 7.90. The molecule has 1 aromatic carbocycles. The molecule has 6 nitrogen and oxygen atoms in total. The highest BCUT2D eigenvalue weighted by Gasteiger charge is 2.33. The van der Waals surface area contributed by atoms with Gasteiger partial charge in [0, 0.05) is 28.2 Å². The van der Waals surface area contributed by atoms with Crippen LogP contribution in [0.5, 0.6) is 5.75 Å². The summed E-state index contributed by atoms with van der Waals surface area (Å²) < 4.78 is 10.5. The van der Waals surface area contributed by atoms with E-state index in [2.05, 4.69) is 39.2 Å². The van der Waals surface area contributed by atoms with Gasteiger partial charge in [-0.15, -0.1) is 22.9 Å². The molecule has 8 heteroatoms. The third-order valence-corrected chi connectivity index (χ3v) is 7.13. The Hall–Kier alpha value is -2.77. The fourth-order valence-electron chi connectivity index (χ4n) is 4.48. The molecule has 0 spiro atoms. The predicted molar refractivity (Wildman–Crippen MR) is 127 cm³/mol. The van der Waals surface area contributed by atoms with E-state index in [-0.39, 0.29) is 17.4 Å². The molecule has 166 valence electrons. The van der Waals surface area contributed by atoms with Gasteiger partial charge in [0.2, 0.25) is 0 Å². The van der Waals surface area contributed by atoms with Crippen LogP contribution in [0.4, 0.5) is 5.13 Å². The monoisotopic (exact) mass is 469 g/mol. The van der Waals surface area contributed by atoms with E-state index in [0.29, 0.717) is 12.3 Å². The summed E-state index contributed by atoms with van der Waals surface area (Å²) in [6.07, 6.45) is 6.04. The Kier molecular flexibility index (Phi) is 5.69. The molecule has 5 rings (SSSR count). The van der Waals surface area contributed by atoms with Gasteiger partial charge < -0.3 is 19.4 Å². The van der Waals surface area contributed by atoms with Crippen LogP contribution in [0.25, 0.3) is 12.2 Å². The molecule has 0 bridgehead atoms.